The third-order valence-corrected chi connectivity index (χ3v) is 2.77. The molecule has 0 spiro atoms. The highest BCUT2D eigenvalue weighted by atomic mass is 35.5. The van der Waals surface area contributed by atoms with Gasteiger partial charge in [-0.25, -0.2) is 4.39 Å². The van der Waals surface area contributed by atoms with Crippen LogP contribution in [0.2, 0.25) is 5.02 Å². The van der Waals surface area contributed by atoms with Gasteiger partial charge in [0.25, 0.3) is 5.91 Å². The Hall–Kier alpha value is -1.87. The minimum Gasteiger partial charge on any atom is -0.321 e. The van der Waals surface area contributed by atoms with Crippen LogP contribution in [0.1, 0.15) is 15.9 Å². The van der Waals surface area contributed by atoms with Crippen LogP contribution < -0.4 is 5.32 Å². The summed E-state index contributed by atoms with van der Waals surface area (Å²) in [7, 11) is 0. The van der Waals surface area contributed by atoms with Crippen molar-refractivity contribution in [2.24, 2.45) is 0 Å². The molecule has 0 aromatic heterocycles. The predicted octanol–water partition coefficient (Wildman–Crippen LogP) is 4.04. The molecule has 0 fully saturated rings. The number of carbonyl (C=O) groups is 1. The van der Waals surface area contributed by atoms with Gasteiger partial charge < -0.3 is 5.32 Å². The molecule has 0 unspecified atom stereocenters. The number of hydrogen-bond acceptors (Lipinski definition) is 1. The minimum absolute atomic E-state index is 0.177. The number of rotatable bonds is 2. The SMILES string of the molecule is Cc1cccc(C(=O)Nc2ccc(F)cc2Cl)c1. The van der Waals surface area contributed by atoms with Crippen LogP contribution in [0, 0.1) is 12.7 Å². The third-order valence-electron chi connectivity index (χ3n) is 2.46. The van der Waals surface area contributed by atoms with E-state index in [0.717, 1.165) is 11.6 Å². The van der Waals surface area contributed by atoms with E-state index in [1.165, 1.54) is 12.1 Å². The molecule has 0 heterocycles. The van der Waals surface area contributed by atoms with Crippen LogP contribution in [0.15, 0.2) is 42.5 Å². The first-order chi connectivity index (χ1) is 8.56. The Kier molecular flexibility index (Phi) is 3.63. The van der Waals surface area contributed by atoms with Crippen molar-refractivity contribution in [3.63, 3.8) is 0 Å². The Morgan fingerprint density at radius 2 is 2.00 bits per heavy atom. The quantitative estimate of drug-likeness (QED) is 0.870. The van der Waals surface area contributed by atoms with E-state index in [-0.39, 0.29) is 10.9 Å². The average Bonchev–Trinajstić information content (AvgIpc) is 2.32. The van der Waals surface area contributed by atoms with Crippen molar-refractivity contribution in [1.82, 2.24) is 0 Å². The van der Waals surface area contributed by atoms with Crippen molar-refractivity contribution in [2.75, 3.05) is 5.32 Å². The van der Waals surface area contributed by atoms with Crippen molar-refractivity contribution in [3.8, 4) is 0 Å². The molecule has 1 N–H and O–H groups in total. The molecule has 4 heteroatoms. The second-order valence-corrected chi connectivity index (χ2v) is 4.35. The maximum atomic E-state index is 12.9. The van der Waals surface area contributed by atoms with Crippen LogP contribution in [-0.4, -0.2) is 5.91 Å². The highest BCUT2D eigenvalue weighted by Gasteiger charge is 2.08. The van der Waals surface area contributed by atoms with Crippen molar-refractivity contribution in [2.45, 2.75) is 6.92 Å². The Labute approximate surface area is 109 Å². The lowest BCUT2D eigenvalue weighted by Crippen LogP contribution is -2.12. The van der Waals surface area contributed by atoms with Crippen molar-refractivity contribution in [1.29, 1.82) is 0 Å². The first-order valence-electron chi connectivity index (χ1n) is 5.39. The summed E-state index contributed by atoms with van der Waals surface area (Å²) in [6.45, 7) is 1.90. The maximum Gasteiger partial charge on any atom is 0.255 e. The van der Waals surface area contributed by atoms with Crippen LogP contribution in [0.5, 0.6) is 0 Å². The number of nitrogens with one attached hydrogen (secondary N) is 1. The summed E-state index contributed by atoms with van der Waals surface area (Å²) in [5.74, 6) is -0.708. The zero-order chi connectivity index (χ0) is 13.1. The molecule has 0 aliphatic carbocycles. The summed E-state index contributed by atoms with van der Waals surface area (Å²) >= 11 is 5.84. The number of aryl methyl sites for hydroxylation is 1. The zero-order valence-electron chi connectivity index (χ0n) is 9.71. The molecule has 92 valence electrons. The van der Waals surface area contributed by atoms with Gasteiger partial charge in [0.1, 0.15) is 5.82 Å². The van der Waals surface area contributed by atoms with Crippen LogP contribution in [0.4, 0.5) is 10.1 Å². The molecule has 0 bridgehead atoms. The zero-order valence-corrected chi connectivity index (χ0v) is 10.5. The topological polar surface area (TPSA) is 29.1 Å². The second kappa shape index (κ2) is 5.19. The molecule has 2 aromatic rings. The van der Waals surface area contributed by atoms with Gasteiger partial charge >= 0.3 is 0 Å². The summed E-state index contributed by atoms with van der Waals surface area (Å²) in [5, 5.41) is 2.82. The normalized spacial score (nSPS) is 10.2. The lowest BCUT2D eigenvalue weighted by molar-refractivity contribution is 0.102. The maximum absolute atomic E-state index is 12.9. The molecule has 2 aromatic carbocycles. The Bertz CT molecular complexity index is 598. The van der Waals surface area contributed by atoms with Gasteiger partial charge in [0.15, 0.2) is 0 Å². The molecule has 1 amide bonds. The van der Waals surface area contributed by atoms with E-state index in [4.69, 9.17) is 11.6 Å². The molecule has 0 aliphatic rings. The first-order valence-corrected chi connectivity index (χ1v) is 5.77. The van der Waals surface area contributed by atoms with Gasteiger partial charge in [0, 0.05) is 5.56 Å². The fourth-order valence-corrected chi connectivity index (χ4v) is 1.79. The van der Waals surface area contributed by atoms with Crippen molar-refractivity contribution >= 4 is 23.2 Å². The fraction of sp³-hybridized carbons (Fsp3) is 0.0714. The summed E-state index contributed by atoms with van der Waals surface area (Å²) in [4.78, 5) is 11.9. The molecule has 2 nitrogen and oxygen atoms in total. The van der Waals surface area contributed by atoms with Gasteiger partial charge in [-0.3, -0.25) is 4.79 Å². The van der Waals surface area contributed by atoms with Gasteiger partial charge in [-0.05, 0) is 37.3 Å². The van der Waals surface area contributed by atoms with Crippen LogP contribution >= 0.6 is 11.6 Å². The number of halogens is 2. The molecule has 0 radical (unpaired) electrons. The second-order valence-electron chi connectivity index (χ2n) is 3.95. The van der Waals surface area contributed by atoms with E-state index in [1.807, 2.05) is 13.0 Å². The van der Waals surface area contributed by atoms with Crippen molar-refractivity contribution in [3.05, 3.63) is 64.4 Å². The van der Waals surface area contributed by atoms with Gasteiger partial charge in [0.2, 0.25) is 0 Å². The third kappa shape index (κ3) is 2.87. The number of hydrogen-bond donors (Lipinski definition) is 1. The van der Waals surface area contributed by atoms with Crippen LogP contribution in [-0.2, 0) is 0 Å². The van der Waals surface area contributed by atoms with E-state index in [9.17, 15) is 9.18 Å². The van der Waals surface area contributed by atoms with Gasteiger partial charge in [-0.2, -0.15) is 0 Å². The molecule has 18 heavy (non-hydrogen) atoms. The van der Waals surface area contributed by atoms with Crippen LogP contribution in [0.25, 0.3) is 0 Å². The largest absolute Gasteiger partial charge is 0.321 e. The smallest absolute Gasteiger partial charge is 0.255 e. The monoisotopic (exact) mass is 263 g/mol. The van der Waals surface area contributed by atoms with Crippen molar-refractivity contribution < 1.29 is 9.18 Å². The number of amides is 1. The van der Waals surface area contributed by atoms with E-state index in [0.29, 0.717) is 11.3 Å². The van der Waals surface area contributed by atoms with E-state index < -0.39 is 5.82 Å². The van der Waals surface area contributed by atoms with Gasteiger partial charge in [-0.1, -0.05) is 29.3 Å². The summed E-state index contributed by atoms with van der Waals surface area (Å²) < 4.78 is 12.9. The molecule has 0 saturated carbocycles. The highest BCUT2D eigenvalue weighted by molar-refractivity contribution is 6.33. The highest BCUT2D eigenvalue weighted by Crippen LogP contribution is 2.23. The number of benzene rings is 2. The van der Waals surface area contributed by atoms with E-state index in [2.05, 4.69) is 5.32 Å². The molecule has 0 atom stereocenters. The van der Waals surface area contributed by atoms with E-state index >= 15 is 0 Å². The standard InChI is InChI=1S/C14H11ClFNO/c1-9-3-2-4-10(7-9)14(18)17-13-6-5-11(16)8-12(13)15/h2-8H,1H3,(H,17,18). The molecular formula is C14H11ClFNO. The molecule has 0 aliphatic heterocycles. The molecule has 0 saturated heterocycles. The predicted molar refractivity (Wildman–Crippen MR) is 70.5 cm³/mol. The van der Waals surface area contributed by atoms with E-state index in [1.54, 1.807) is 18.2 Å². The Morgan fingerprint density at radius 1 is 1.22 bits per heavy atom. The lowest BCUT2D eigenvalue weighted by Gasteiger charge is -2.07. The first kappa shape index (κ1) is 12.6. The summed E-state index contributed by atoms with van der Waals surface area (Å²) in [5.41, 5.74) is 1.92. The number of carbonyl (C=O) groups excluding carboxylic acids is 1. The lowest BCUT2D eigenvalue weighted by atomic mass is 10.1. The van der Waals surface area contributed by atoms with Gasteiger partial charge in [0.05, 0.1) is 10.7 Å². The number of anilines is 1. The fourth-order valence-electron chi connectivity index (χ4n) is 1.57. The molecular weight excluding hydrogens is 253 g/mol. The Balaban J connectivity index is 2.21. The minimum atomic E-state index is -0.437. The Morgan fingerprint density at radius 3 is 2.67 bits per heavy atom. The van der Waals surface area contributed by atoms with Gasteiger partial charge in [-0.15, -0.1) is 0 Å². The van der Waals surface area contributed by atoms with Crippen LogP contribution in [0.3, 0.4) is 0 Å². The average molecular weight is 264 g/mol. The summed E-state index contributed by atoms with van der Waals surface area (Å²) in [6, 6.07) is 11.0. The summed E-state index contributed by atoms with van der Waals surface area (Å²) in [6.07, 6.45) is 0. The molecule has 2 rings (SSSR count).